The zero-order chi connectivity index (χ0) is 49.1. The molecule has 8 aromatic carbocycles. The fraction of sp³-hybridized carbons (Fsp3) is 0.164. The predicted molar refractivity (Wildman–Crippen MR) is 297 cm³/mol. The Hall–Kier alpha value is -8.28. The van der Waals surface area contributed by atoms with Crippen LogP contribution in [0.5, 0.6) is 0 Å². The van der Waals surface area contributed by atoms with E-state index in [0.29, 0.717) is 35.1 Å². The van der Waals surface area contributed by atoms with Crippen molar-refractivity contribution >= 4 is 32.3 Å². The minimum absolute atomic E-state index is 0.0759. The molecule has 346 valence electrons. The number of benzene rings is 8. The normalized spacial score (nSPS) is 19.4. The van der Waals surface area contributed by atoms with Crippen molar-refractivity contribution in [1.29, 1.82) is 5.26 Å². The van der Waals surface area contributed by atoms with Crippen molar-refractivity contribution in [3.63, 3.8) is 0 Å². The van der Waals surface area contributed by atoms with Crippen LogP contribution in [-0.2, 0) is 4.74 Å². The third kappa shape index (κ3) is 8.96. The van der Waals surface area contributed by atoms with E-state index in [1.807, 2.05) is 25.1 Å². The molecule has 0 aromatic heterocycles. The Morgan fingerprint density at radius 3 is 1.49 bits per heavy atom. The summed E-state index contributed by atoms with van der Waals surface area (Å²) in [7, 11) is 0. The molecule has 0 saturated carbocycles. The maximum atomic E-state index is 9.11. The summed E-state index contributed by atoms with van der Waals surface area (Å²) in [5.74, 6) is 1.72. The summed E-state index contributed by atoms with van der Waals surface area (Å²) >= 11 is 0. The van der Waals surface area contributed by atoms with Crippen molar-refractivity contribution in [2.45, 2.75) is 52.6 Å². The Morgan fingerprint density at radius 1 is 0.662 bits per heavy atom. The topological polar surface area (TPSA) is 40.6 Å². The molecule has 3 atom stereocenters. The zero-order valence-corrected chi connectivity index (χ0v) is 40.9. The lowest BCUT2D eigenvalue weighted by Gasteiger charge is -2.47. The first-order valence-corrected chi connectivity index (χ1v) is 24.7. The quantitative estimate of drug-likeness (QED) is 0.0526. The van der Waals surface area contributed by atoms with Crippen molar-refractivity contribution in [3.05, 3.63) is 253 Å². The molecule has 11 rings (SSSR count). The zero-order valence-electron chi connectivity index (χ0n) is 40.9. The van der Waals surface area contributed by atoms with Gasteiger partial charge in [-0.15, -0.1) is 0 Å². The van der Waals surface area contributed by atoms with Gasteiger partial charge in [0.1, 0.15) is 11.5 Å². The van der Waals surface area contributed by atoms with Crippen molar-refractivity contribution < 1.29 is 4.74 Å². The molecule has 0 spiro atoms. The highest BCUT2D eigenvalue weighted by Crippen LogP contribution is 2.54. The number of rotatable bonds is 7. The molecule has 0 aliphatic carbocycles. The lowest BCUT2D eigenvalue weighted by molar-refractivity contribution is 0.0459. The van der Waals surface area contributed by atoms with E-state index in [2.05, 4.69) is 219 Å². The van der Waals surface area contributed by atoms with Crippen LogP contribution in [0.1, 0.15) is 40.5 Å². The molecule has 0 radical (unpaired) electrons. The second-order valence-corrected chi connectivity index (χ2v) is 19.6. The smallest absolute Gasteiger partial charge is 0.269 e. The third-order valence-corrected chi connectivity index (χ3v) is 14.7. The van der Waals surface area contributed by atoms with Crippen LogP contribution in [0.25, 0.3) is 81.7 Å². The van der Waals surface area contributed by atoms with Crippen molar-refractivity contribution in [2.24, 2.45) is 11.3 Å². The SMILES string of the molecule is [C-]#[N+]/C(C#N)=C1/C=C(C)OC(/C=C/C=C/C2C3C(=C)CC(C)N3CCC2(C)C)=C1.c1ccc(-c2c3ccccc3c(-c3ccccc3)c3c(-c4ccccc4)c4ccccc4c(-c4ccccc4)c23)cc1. The molecule has 2 saturated heterocycles. The summed E-state index contributed by atoms with van der Waals surface area (Å²) < 4.78 is 5.72. The van der Waals surface area contributed by atoms with Gasteiger partial charge in [-0.2, -0.15) is 0 Å². The van der Waals surface area contributed by atoms with E-state index >= 15 is 0 Å². The lowest BCUT2D eigenvalue weighted by atomic mass is 9.68. The Morgan fingerprint density at radius 2 is 1.08 bits per heavy atom. The van der Waals surface area contributed by atoms with Gasteiger partial charge >= 0.3 is 0 Å². The lowest BCUT2D eigenvalue weighted by Crippen LogP contribution is -2.50. The van der Waals surface area contributed by atoms with Crippen LogP contribution in [0.4, 0.5) is 0 Å². The molecule has 3 unspecified atom stereocenters. The van der Waals surface area contributed by atoms with Gasteiger partial charge in [0.15, 0.2) is 0 Å². The minimum atomic E-state index is 0.0759. The van der Waals surface area contributed by atoms with Gasteiger partial charge in [0.25, 0.3) is 5.70 Å². The van der Waals surface area contributed by atoms with Crippen molar-refractivity contribution in [3.8, 4) is 50.6 Å². The van der Waals surface area contributed by atoms with Crippen LogP contribution >= 0.6 is 0 Å². The molecule has 71 heavy (non-hydrogen) atoms. The highest BCUT2D eigenvalue weighted by atomic mass is 16.5. The summed E-state index contributed by atoms with van der Waals surface area (Å²) in [6, 6.07) is 64.6. The summed E-state index contributed by atoms with van der Waals surface area (Å²) in [5.41, 5.74) is 12.3. The second kappa shape index (κ2) is 20.0. The monoisotopic (exact) mass is 919 g/mol. The number of piperidine rings is 1. The number of fused-ring (bicyclic) bond motifs is 4. The van der Waals surface area contributed by atoms with Crippen molar-refractivity contribution in [1.82, 2.24) is 4.90 Å². The number of nitrogens with zero attached hydrogens (tertiary/aromatic N) is 3. The fourth-order valence-corrected chi connectivity index (χ4v) is 11.4. The van der Waals surface area contributed by atoms with Crippen LogP contribution < -0.4 is 0 Å². The highest BCUT2D eigenvalue weighted by Gasteiger charge is 2.47. The van der Waals surface area contributed by atoms with Crippen LogP contribution in [-0.4, -0.2) is 23.5 Å². The van der Waals surface area contributed by atoms with Crippen LogP contribution in [0.3, 0.4) is 0 Å². The molecule has 0 amide bonds. The Bertz CT molecular complexity index is 3230. The first-order chi connectivity index (χ1) is 34.7. The van der Waals surface area contributed by atoms with Crippen molar-refractivity contribution in [2.75, 3.05) is 6.54 Å². The molecule has 3 heterocycles. The molecular weight excluding hydrogens is 863 g/mol. The summed E-state index contributed by atoms with van der Waals surface area (Å²) in [6.07, 6.45) is 14.0. The van der Waals surface area contributed by atoms with Crippen LogP contribution in [0.2, 0.25) is 0 Å². The molecule has 8 aromatic rings. The third-order valence-electron chi connectivity index (χ3n) is 14.7. The van der Waals surface area contributed by atoms with E-state index in [0.717, 1.165) is 13.0 Å². The largest absolute Gasteiger partial charge is 0.462 e. The Labute approximate surface area is 419 Å². The summed E-state index contributed by atoms with van der Waals surface area (Å²) in [5, 5.41) is 16.8. The summed E-state index contributed by atoms with van der Waals surface area (Å²) in [4.78, 5) is 5.90. The molecular formula is C67H57N3O. The minimum Gasteiger partial charge on any atom is -0.462 e. The molecule has 4 nitrogen and oxygen atoms in total. The molecule has 2 fully saturated rings. The second-order valence-electron chi connectivity index (χ2n) is 19.6. The average Bonchev–Trinajstić information content (AvgIpc) is 3.69. The number of ether oxygens (including phenoxy) is 1. The predicted octanol–water partition coefficient (Wildman–Crippen LogP) is 17.5. The molecule has 0 bridgehead atoms. The van der Waals surface area contributed by atoms with Gasteiger partial charge in [0, 0.05) is 18.0 Å². The molecule has 3 aliphatic heterocycles. The van der Waals surface area contributed by atoms with Gasteiger partial charge < -0.3 is 4.74 Å². The van der Waals surface area contributed by atoms with Crippen LogP contribution in [0, 0.1) is 29.2 Å². The Balaban J connectivity index is 0.000000177. The van der Waals surface area contributed by atoms with Gasteiger partial charge in [0.2, 0.25) is 0 Å². The first kappa shape index (κ1) is 46.4. The van der Waals surface area contributed by atoms with Crippen LogP contribution in [0.15, 0.2) is 241 Å². The molecule has 3 aliphatic rings. The Kier molecular flexibility index (Phi) is 13.1. The van der Waals surface area contributed by atoms with Gasteiger partial charge in [0.05, 0.1) is 12.6 Å². The molecule has 4 heteroatoms. The summed E-state index contributed by atoms with van der Waals surface area (Å²) in [6.45, 7) is 21.5. The maximum Gasteiger partial charge on any atom is 0.269 e. The molecule has 0 N–H and O–H groups in total. The van der Waals surface area contributed by atoms with Gasteiger partial charge in [-0.05, 0) is 139 Å². The van der Waals surface area contributed by atoms with E-state index < -0.39 is 0 Å². The maximum absolute atomic E-state index is 9.11. The fourth-order valence-electron chi connectivity index (χ4n) is 11.4. The number of nitriles is 1. The number of hydrogen-bond acceptors (Lipinski definition) is 3. The highest BCUT2D eigenvalue weighted by molar-refractivity contribution is 6.33. The standard InChI is InChI=1S/C42H28.C25H29N3O/c1-5-17-29(18-6-1)37-33-25-13-14-26-34(33)39(31-21-9-3-10-22-31)42-40(32-23-11-4-12-24-32)36-28-16-15-27-35(36)38(41(37)42)30-19-7-2-8-20-30;1-17-13-18(2)28-12-11-25(4,5)22(24(17)28)10-8-7-9-21-15-20(14-19(3)29-21)23(16-26)27-6/h1-28H;7-10,14-15,18,22,24H,1,11-13H2,2-5H3/b;9-7+,10-8+,23-20-. The number of hydrogen-bond donors (Lipinski definition) is 0. The van der Waals surface area contributed by atoms with Gasteiger partial charge in [-0.25, -0.2) is 10.1 Å². The van der Waals surface area contributed by atoms with E-state index in [1.165, 1.54) is 88.8 Å². The first-order valence-electron chi connectivity index (χ1n) is 24.7. The number of allylic oxidation sites excluding steroid dienone is 8. The van der Waals surface area contributed by atoms with E-state index in [1.54, 1.807) is 12.2 Å². The van der Waals surface area contributed by atoms with E-state index in [9.17, 15) is 0 Å². The average molecular weight is 920 g/mol. The van der Waals surface area contributed by atoms with E-state index in [-0.39, 0.29) is 11.1 Å². The van der Waals surface area contributed by atoms with Gasteiger partial charge in [-0.1, -0.05) is 214 Å². The van der Waals surface area contributed by atoms with E-state index in [4.69, 9.17) is 16.6 Å². The van der Waals surface area contributed by atoms with Gasteiger partial charge in [-0.3, -0.25) is 4.90 Å².